The lowest BCUT2D eigenvalue weighted by molar-refractivity contribution is 1.42. The van der Waals surface area contributed by atoms with Crippen LogP contribution in [0.25, 0.3) is 0 Å². The smallest absolute Gasteiger partial charge is 0.104 e. The molecule has 0 radical (unpaired) electrons. The number of anilines is 2. The zero-order chi connectivity index (χ0) is 14.0. The van der Waals surface area contributed by atoms with Crippen molar-refractivity contribution in [1.29, 1.82) is 0 Å². The molecule has 0 atom stereocenters. The van der Waals surface area contributed by atoms with Gasteiger partial charge in [0.1, 0.15) is 4.99 Å². The maximum atomic E-state index is 6.23. The number of rotatable bonds is 3. The summed E-state index contributed by atoms with van der Waals surface area (Å²) in [6.07, 6.45) is 0. The minimum Gasteiger partial charge on any atom is -0.389 e. The van der Waals surface area contributed by atoms with E-state index in [1.807, 2.05) is 37.3 Å². The number of nitrogens with one attached hydrogen (secondary N) is 1. The standard InChI is InChI=1S/C14H12BrClN2S/c1-8-2-4-10(15)7-13(8)18-12-5-3-9(14(17)19)6-11(12)16/h2-7,18H,1H3,(H2,17,19). The van der Waals surface area contributed by atoms with Gasteiger partial charge < -0.3 is 11.1 Å². The van der Waals surface area contributed by atoms with Crippen molar-refractivity contribution in [2.45, 2.75) is 6.92 Å². The van der Waals surface area contributed by atoms with Crippen molar-refractivity contribution in [2.24, 2.45) is 5.73 Å². The minimum absolute atomic E-state index is 0.340. The average Bonchev–Trinajstić information content (AvgIpc) is 2.36. The molecule has 0 aliphatic rings. The zero-order valence-corrected chi connectivity index (χ0v) is 13.4. The molecule has 0 saturated carbocycles. The van der Waals surface area contributed by atoms with Crippen LogP contribution in [0.4, 0.5) is 11.4 Å². The first-order valence-electron chi connectivity index (χ1n) is 5.60. The van der Waals surface area contributed by atoms with Gasteiger partial charge in [0.05, 0.1) is 10.7 Å². The van der Waals surface area contributed by atoms with Gasteiger partial charge in [-0.1, -0.05) is 45.8 Å². The SMILES string of the molecule is Cc1ccc(Br)cc1Nc1ccc(C(N)=S)cc1Cl. The Balaban J connectivity index is 2.33. The maximum absolute atomic E-state index is 6.23. The predicted octanol–water partition coefficient (Wildman–Crippen LogP) is 4.79. The molecule has 0 saturated heterocycles. The fraction of sp³-hybridized carbons (Fsp3) is 0.0714. The Morgan fingerprint density at radius 3 is 2.58 bits per heavy atom. The lowest BCUT2D eigenvalue weighted by Gasteiger charge is -2.12. The van der Waals surface area contributed by atoms with Gasteiger partial charge in [0, 0.05) is 15.7 Å². The van der Waals surface area contributed by atoms with Crippen LogP contribution in [0, 0.1) is 6.92 Å². The molecular formula is C14H12BrClN2S. The van der Waals surface area contributed by atoms with Gasteiger partial charge in [-0.2, -0.15) is 0 Å². The number of halogens is 2. The van der Waals surface area contributed by atoms with Crippen molar-refractivity contribution in [3.63, 3.8) is 0 Å². The molecule has 19 heavy (non-hydrogen) atoms. The van der Waals surface area contributed by atoms with E-state index >= 15 is 0 Å². The van der Waals surface area contributed by atoms with E-state index < -0.39 is 0 Å². The van der Waals surface area contributed by atoms with Crippen molar-refractivity contribution < 1.29 is 0 Å². The number of hydrogen-bond acceptors (Lipinski definition) is 2. The molecule has 98 valence electrons. The van der Waals surface area contributed by atoms with E-state index in [1.54, 1.807) is 6.07 Å². The molecule has 5 heteroatoms. The molecular weight excluding hydrogens is 344 g/mol. The van der Waals surface area contributed by atoms with Crippen LogP contribution in [-0.4, -0.2) is 4.99 Å². The van der Waals surface area contributed by atoms with Gasteiger partial charge in [-0.15, -0.1) is 0 Å². The van der Waals surface area contributed by atoms with Gasteiger partial charge in [0.25, 0.3) is 0 Å². The quantitative estimate of drug-likeness (QED) is 0.778. The highest BCUT2D eigenvalue weighted by Gasteiger charge is 2.06. The van der Waals surface area contributed by atoms with E-state index in [9.17, 15) is 0 Å². The summed E-state index contributed by atoms with van der Waals surface area (Å²) in [5.41, 5.74) is 9.29. The Hall–Kier alpha value is -1.10. The van der Waals surface area contributed by atoms with Crippen LogP contribution in [0.15, 0.2) is 40.9 Å². The third kappa shape index (κ3) is 3.47. The van der Waals surface area contributed by atoms with Crippen LogP contribution in [0.1, 0.15) is 11.1 Å². The predicted molar refractivity (Wildman–Crippen MR) is 89.5 cm³/mol. The molecule has 3 N–H and O–H groups in total. The second-order valence-electron chi connectivity index (χ2n) is 4.14. The molecule has 0 amide bonds. The lowest BCUT2D eigenvalue weighted by Crippen LogP contribution is -2.09. The maximum Gasteiger partial charge on any atom is 0.104 e. The van der Waals surface area contributed by atoms with Gasteiger partial charge in [-0.05, 0) is 42.8 Å². The Bertz CT molecular complexity index is 643. The van der Waals surface area contributed by atoms with E-state index in [2.05, 4.69) is 21.2 Å². The Morgan fingerprint density at radius 1 is 1.21 bits per heavy atom. The summed E-state index contributed by atoms with van der Waals surface area (Å²) in [4.78, 5) is 0.340. The van der Waals surface area contributed by atoms with E-state index in [-0.39, 0.29) is 0 Å². The topological polar surface area (TPSA) is 38.0 Å². The number of aryl methyl sites for hydroxylation is 1. The normalized spacial score (nSPS) is 10.3. The van der Waals surface area contributed by atoms with Crippen molar-refractivity contribution in [3.05, 3.63) is 57.0 Å². The number of thiocarbonyl (C=S) groups is 1. The molecule has 2 rings (SSSR count). The van der Waals surface area contributed by atoms with Gasteiger partial charge in [0.2, 0.25) is 0 Å². The Kier molecular flexibility index (Phi) is 4.45. The van der Waals surface area contributed by atoms with Crippen molar-refractivity contribution in [1.82, 2.24) is 0 Å². The van der Waals surface area contributed by atoms with E-state index in [0.29, 0.717) is 10.0 Å². The summed E-state index contributed by atoms with van der Waals surface area (Å²) in [6, 6.07) is 11.5. The largest absolute Gasteiger partial charge is 0.389 e. The van der Waals surface area contributed by atoms with Crippen LogP contribution in [0.5, 0.6) is 0 Å². The van der Waals surface area contributed by atoms with Crippen LogP contribution in [0.2, 0.25) is 5.02 Å². The fourth-order valence-electron chi connectivity index (χ4n) is 1.64. The van der Waals surface area contributed by atoms with Gasteiger partial charge in [0.15, 0.2) is 0 Å². The third-order valence-electron chi connectivity index (χ3n) is 2.72. The van der Waals surface area contributed by atoms with E-state index in [4.69, 9.17) is 29.6 Å². The summed E-state index contributed by atoms with van der Waals surface area (Å²) in [5.74, 6) is 0. The van der Waals surface area contributed by atoms with Gasteiger partial charge in [-0.3, -0.25) is 0 Å². The van der Waals surface area contributed by atoms with Crippen LogP contribution >= 0.6 is 39.7 Å². The molecule has 0 spiro atoms. The molecule has 0 aliphatic carbocycles. The van der Waals surface area contributed by atoms with E-state index in [1.165, 1.54) is 0 Å². The summed E-state index contributed by atoms with van der Waals surface area (Å²) in [5, 5.41) is 3.89. The molecule has 2 aromatic carbocycles. The first-order chi connectivity index (χ1) is 8.97. The summed E-state index contributed by atoms with van der Waals surface area (Å²) >= 11 is 14.6. The highest BCUT2D eigenvalue weighted by atomic mass is 79.9. The Labute approximate surface area is 131 Å². The van der Waals surface area contributed by atoms with Crippen molar-refractivity contribution >= 4 is 56.1 Å². The summed E-state index contributed by atoms with van der Waals surface area (Å²) < 4.78 is 1.01. The molecule has 0 aliphatic heterocycles. The molecule has 0 heterocycles. The second kappa shape index (κ2) is 5.90. The monoisotopic (exact) mass is 354 g/mol. The average molecular weight is 356 g/mol. The van der Waals surface area contributed by atoms with Crippen LogP contribution in [-0.2, 0) is 0 Å². The molecule has 0 aromatic heterocycles. The van der Waals surface area contributed by atoms with E-state index in [0.717, 1.165) is 27.0 Å². The zero-order valence-electron chi connectivity index (χ0n) is 10.2. The second-order valence-corrected chi connectivity index (χ2v) is 5.91. The summed E-state index contributed by atoms with van der Waals surface area (Å²) in [7, 11) is 0. The van der Waals surface area contributed by atoms with Crippen molar-refractivity contribution in [2.75, 3.05) is 5.32 Å². The molecule has 0 unspecified atom stereocenters. The van der Waals surface area contributed by atoms with Crippen LogP contribution < -0.4 is 11.1 Å². The van der Waals surface area contributed by atoms with Crippen LogP contribution in [0.3, 0.4) is 0 Å². The highest BCUT2D eigenvalue weighted by molar-refractivity contribution is 9.10. The number of hydrogen-bond donors (Lipinski definition) is 2. The van der Waals surface area contributed by atoms with Gasteiger partial charge >= 0.3 is 0 Å². The number of nitrogens with two attached hydrogens (primary N) is 1. The fourth-order valence-corrected chi connectivity index (χ4v) is 2.36. The highest BCUT2D eigenvalue weighted by Crippen LogP contribution is 2.29. The molecule has 0 bridgehead atoms. The third-order valence-corrected chi connectivity index (χ3v) is 3.76. The van der Waals surface area contributed by atoms with Gasteiger partial charge in [-0.25, -0.2) is 0 Å². The Morgan fingerprint density at radius 2 is 1.95 bits per heavy atom. The number of benzene rings is 2. The molecule has 2 nitrogen and oxygen atoms in total. The molecule has 2 aromatic rings. The minimum atomic E-state index is 0.340. The molecule has 0 fully saturated rings. The first-order valence-corrected chi connectivity index (χ1v) is 7.18. The summed E-state index contributed by atoms with van der Waals surface area (Å²) in [6.45, 7) is 2.03. The van der Waals surface area contributed by atoms with Crippen molar-refractivity contribution in [3.8, 4) is 0 Å². The first kappa shape index (κ1) is 14.3. The lowest BCUT2D eigenvalue weighted by atomic mass is 10.1.